The number of benzene rings is 1. The van der Waals surface area contributed by atoms with Crippen molar-refractivity contribution in [1.29, 1.82) is 0 Å². The molecule has 1 aromatic carbocycles. The van der Waals surface area contributed by atoms with Gasteiger partial charge in [0.25, 0.3) is 0 Å². The molecule has 0 spiro atoms. The second-order valence-corrected chi connectivity index (χ2v) is 7.98. The minimum atomic E-state index is 0.409. The van der Waals surface area contributed by atoms with Gasteiger partial charge in [0.05, 0.1) is 5.42 Å². The molecule has 2 nitrogen and oxygen atoms in total. The number of aldehydes is 1. The molecule has 4 heteroatoms. The van der Waals surface area contributed by atoms with E-state index >= 15 is 0 Å². The SMILES string of the molecule is CCC(C)C=C(CC=O)/C(=C1/C(C)=C(C)N/C1=P/C)c1ccc(Cl)cc1. The quantitative estimate of drug-likeness (QED) is 0.461. The van der Waals surface area contributed by atoms with Gasteiger partial charge in [-0.2, -0.15) is 0 Å². The van der Waals surface area contributed by atoms with E-state index in [0.717, 1.165) is 29.4 Å². The van der Waals surface area contributed by atoms with Crippen LogP contribution < -0.4 is 5.32 Å². The standard InChI is InChI=1S/C22H27ClNOP/c1-6-14(2)13-18(11-12-25)21(17-7-9-19(23)10-8-17)20-15(3)16(4)24-22(20)26-5/h7-10,12-14,24H,6,11H2,1-5H3/b18-13?,21-20-. The number of nitrogens with one attached hydrogen (secondary N) is 1. The van der Waals surface area contributed by atoms with Crippen LogP contribution in [0, 0.1) is 5.92 Å². The molecule has 0 aliphatic carbocycles. The predicted molar refractivity (Wildman–Crippen MR) is 116 cm³/mol. The Balaban J connectivity index is 2.82. The summed E-state index contributed by atoms with van der Waals surface area (Å²) in [6, 6.07) is 7.92. The molecule has 2 rings (SSSR count). The van der Waals surface area contributed by atoms with Gasteiger partial charge in [-0.3, -0.25) is 0 Å². The van der Waals surface area contributed by atoms with E-state index < -0.39 is 0 Å². The first-order valence-corrected chi connectivity index (χ1v) is 10.7. The zero-order chi connectivity index (χ0) is 19.3. The summed E-state index contributed by atoms with van der Waals surface area (Å²) in [4.78, 5) is 11.5. The van der Waals surface area contributed by atoms with Gasteiger partial charge in [-0.05, 0) is 60.8 Å². The van der Waals surface area contributed by atoms with E-state index in [1.54, 1.807) is 0 Å². The molecule has 0 bridgehead atoms. The molecule has 1 aliphatic heterocycles. The Kier molecular flexibility index (Phi) is 7.43. The Morgan fingerprint density at radius 1 is 1.27 bits per heavy atom. The van der Waals surface area contributed by atoms with Crippen LogP contribution in [0.3, 0.4) is 0 Å². The summed E-state index contributed by atoms with van der Waals surface area (Å²) in [5, 5.41) is 4.23. The molecule has 1 N–H and O–H groups in total. The Labute approximate surface area is 163 Å². The third-order valence-corrected chi connectivity index (χ3v) is 5.88. The van der Waals surface area contributed by atoms with Crippen molar-refractivity contribution >= 4 is 37.1 Å². The zero-order valence-corrected chi connectivity index (χ0v) is 17.8. The molecule has 26 heavy (non-hydrogen) atoms. The van der Waals surface area contributed by atoms with Crippen LogP contribution in [-0.2, 0) is 4.79 Å². The van der Waals surface area contributed by atoms with Crippen molar-refractivity contribution in [3.63, 3.8) is 0 Å². The van der Waals surface area contributed by atoms with E-state index in [4.69, 9.17) is 11.6 Å². The van der Waals surface area contributed by atoms with Gasteiger partial charge in [-0.15, -0.1) is 0 Å². The number of hydrogen-bond donors (Lipinski definition) is 1. The van der Waals surface area contributed by atoms with Crippen molar-refractivity contribution in [3.8, 4) is 0 Å². The highest BCUT2D eigenvalue weighted by Gasteiger charge is 2.25. The lowest BCUT2D eigenvalue weighted by Crippen LogP contribution is -2.15. The summed E-state index contributed by atoms with van der Waals surface area (Å²) < 4.78 is 0. The lowest BCUT2D eigenvalue weighted by molar-refractivity contribution is -0.107. The molecule has 1 heterocycles. The highest BCUT2D eigenvalue weighted by molar-refractivity contribution is 7.40. The van der Waals surface area contributed by atoms with Gasteiger partial charge >= 0.3 is 0 Å². The molecule has 0 amide bonds. The largest absolute Gasteiger partial charge is 0.355 e. The first-order chi connectivity index (χ1) is 12.4. The Morgan fingerprint density at radius 3 is 2.46 bits per heavy atom. The maximum Gasteiger partial charge on any atom is 0.124 e. The molecular weight excluding hydrogens is 361 g/mol. The molecule has 1 atom stereocenters. The monoisotopic (exact) mass is 387 g/mol. The Hall–Kier alpha value is -1.63. The first kappa shape index (κ1) is 20.7. The molecule has 0 aromatic heterocycles. The van der Waals surface area contributed by atoms with Gasteiger partial charge in [0.2, 0.25) is 0 Å². The maximum atomic E-state index is 11.5. The van der Waals surface area contributed by atoms with Crippen LogP contribution >= 0.6 is 19.8 Å². The number of allylic oxidation sites excluding steroid dienone is 4. The summed E-state index contributed by atoms with van der Waals surface area (Å²) in [5.74, 6) is 0.412. The molecule has 0 radical (unpaired) electrons. The smallest absolute Gasteiger partial charge is 0.124 e. The zero-order valence-electron chi connectivity index (χ0n) is 16.2. The highest BCUT2D eigenvalue weighted by Crippen LogP contribution is 2.37. The predicted octanol–water partition coefficient (Wildman–Crippen LogP) is 6.26. The summed E-state index contributed by atoms with van der Waals surface area (Å²) in [7, 11) is 1.18. The third kappa shape index (κ3) is 4.55. The minimum Gasteiger partial charge on any atom is -0.355 e. The Bertz CT molecular complexity index is 800. The number of carbonyl (C=O) groups is 1. The van der Waals surface area contributed by atoms with Gasteiger partial charge in [0.1, 0.15) is 6.29 Å². The molecular formula is C22H27ClNOP. The lowest BCUT2D eigenvalue weighted by Gasteiger charge is -2.18. The van der Waals surface area contributed by atoms with Crippen LogP contribution in [0.25, 0.3) is 5.57 Å². The molecule has 0 saturated carbocycles. The van der Waals surface area contributed by atoms with Crippen molar-refractivity contribution in [2.75, 3.05) is 6.66 Å². The van der Waals surface area contributed by atoms with Crippen molar-refractivity contribution in [2.45, 2.75) is 40.5 Å². The van der Waals surface area contributed by atoms with E-state index in [0.29, 0.717) is 17.4 Å². The molecule has 1 aliphatic rings. The van der Waals surface area contributed by atoms with Crippen molar-refractivity contribution in [2.24, 2.45) is 5.92 Å². The van der Waals surface area contributed by atoms with Crippen LogP contribution in [-0.4, -0.2) is 18.4 Å². The third-order valence-electron chi connectivity index (χ3n) is 4.84. The van der Waals surface area contributed by atoms with Gasteiger partial charge in [0, 0.05) is 22.7 Å². The van der Waals surface area contributed by atoms with E-state index in [1.165, 1.54) is 30.5 Å². The van der Waals surface area contributed by atoms with E-state index in [-0.39, 0.29) is 0 Å². The Morgan fingerprint density at radius 2 is 1.92 bits per heavy atom. The number of carbonyl (C=O) groups excluding carboxylic acids is 1. The van der Waals surface area contributed by atoms with Gasteiger partial charge in [-0.25, -0.2) is 0 Å². The fourth-order valence-corrected chi connectivity index (χ4v) is 3.99. The van der Waals surface area contributed by atoms with Gasteiger partial charge in [0.15, 0.2) is 0 Å². The summed E-state index contributed by atoms with van der Waals surface area (Å²) in [5.41, 5.74) is 8.13. The maximum absolute atomic E-state index is 11.5. The number of rotatable bonds is 6. The minimum absolute atomic E-state index is 0.409. The second-order valence-electron chi connectivity index (χ2n) is 6.65. The highest BCUT2D eigenvalue weighted by atomic mass is 35.5. The lowest BCUT2D eigenvalue weighted by atomic mass is 9.87. The summed E-state index contributed by atoms with van der Waals surface area (Å²) in [6.45, 7) is 10.7. The van der Waals surface area contributed by atoms with E-state index in [1.807, 2.05) is 24.3 Å². The summed E-state index contributed by atoms with van der Waals surface area (Å²) in [6.07, 6.45) is 4.70. The van der Waals surface area contributed by atoms with E-state index in [2.05, 4.69) is 45.8 Å². The average molecular weight is 388 g/mol. The van der Waals surface area contributed by atoms with Crippen LogP contribution in [0.1, 0.15) is 46.1 Å². The second kappa shape index (κ2) is 9.35. The fourth-order valence-electron chi connectivity index (χ4n) is 3.08. The number of hydrogen-bond acceptors (Lipinski definition) is 1. The van der Waals surface area contributed by atoms with Crippen LogP contribution in [0.4, 0.5) is 0 Å². The molecule has 1 unspecified atom stereocenters. The van der Waals surface area contributed by atoms with Gasteiger partial charge in [-0.1, -0.05) is 58.3 Å². The molecule has 1 aromatic rings. The normalized spacial score (nSPS) is 19.6. The number of halogens is 1. The average Bonchev–Trinajstić information content (AvgIpc) is 2.91. The molecule has 0 fully saturated rings. The van der Waals surface area contributed by atoms with Crippen LogP contribution in [0.15, 0.2) is 52.8 Å². The topological polar surface area (TPSA) is 29.1 Å². The molecule has 138 valence electrons. The van der Waals surface area contributed by atoms with Gasteiger partial charge < -0.3 is 10.1 Å². The van der Waals surface area contributed by atoms with Crippen molar-refractivity contribution in [1.82, 2.24) is 5.32 Å². The molecule has 0 saturated heterocycles. The fraction of sp³-hybridized carbons (Fsp3) is 0.364. The van der Waals surface area contributed by atoms with Crippen LogP contribution in [0.5, 0.6) is 0 Å². The van der Waals surface area contributed by atoms with Crippen molar-refractivity contribution < 1.29 is 4.79 Å². The first-order valence-electron chi connectivity index (χ1n) is 8.99. The van der Waals surface area contributed by atoms with Crippen molar-refractivity contribution in [3.05, 3.63) is 63.3 Å². The van der Waals surface area contributed by atoms with Crippen LogP contribution in [0.2, 0.25) is 5.02 Å². The summed E-state index contributed by atoms with van der Waals surface area (Å²) >= 11 is 6.12. The van der Waals surface area contributed by atoms with E-state index in [9.17, 15) is 4.79 Å².